The number of rotatable bonds is 10. The number of aromatic nitrogens is 3. The van der Waals surface area contributed by atoms with Crippen molar-refractivity contribution in [1.82, 2.24) is 19.9 Å². The molecule has 1 fully saturated rings. The van der Waals surface area contributed by atoms with Gasteiger partial charge >= 0.3 is 6.61 Å². The van der Waals surface area contributed by atoms with Crippen molar-refractivity contribution >= 4 is 17.5 Å². The number of carbonyl (C=O) groups is 1. The van der Waals surface area contributed by atoms with Gasteiger partial charge in [0.2, 0.25) is 0 Å². The summed E-state index contributed by atoms with van der Waals surface area (Å²) in [4.78, 5) is 21.8. The van der Waals surface area contributed by atoms with Crippen molar-refractivity contribution < 1.29 is 23.4 Å². The number of aryl methyl sites for hydroxylation is 1. The Hall–Kier alpha value is -2.26. The molecule has 0 aromatic carbocycles. The largest absolute Gasteiger partial charge is 0.431 e. The van der Waals surface area contributed by atoms with Gasteiger partial charge in [-0.2, -0.15) is 8.78 Å². The minimum Gasteiger partial charge on any atom is -0.431 e. The van der Waals surface area contributed by atoms with E-state index in [1.807, 2.05) is 6.92 Å². The molecular formula is C26H37ClF2N4O3. The Bertz CT molecular complexity index is 1070. The molecule has 36 heavy (non-hydrogen) atoms. The van der Waals surface area contributed by atoms with Gasteiger partial charge in [0.1, 0.15) is 11.0 Å². The van der Waals surface area contributed by atoms with Gasteiger partial charge in [-0.1, -0.05) is 52.6 Å². The van der Waals surface area contributed by atoms with Crippen LogP contribution in [0.1, 0.15) is 88.6 Å². The Kier molecular flexibility index (Phi) is 8.98. The number of amides is 1. The van der Waals surface area contributed by atoms with Gasteiger partial charge in [0.15, 0.2) is 17.3 Å². The molecular weight excluding hydrogens is 490 g/mol. The molecule has 10 heteroatoms. The molecule has 2 heterocycles. The molecule has 1 saturated carbocycles. The summed E-state index contributed by atoms with van der Waals surface area (Å²) in [5, 5.41) is 13.5. The first-order chi connectivity index (χ1) is 16.9. The lowest BCUT2D eigenvalue weighted by molar-refractivity contribution is -0.0501. The Morgan fingerprint density at radius 1 is 1.36 bits per heavy atom. The van der Waals surface area contributed by atoms with E-state index < -0.39 is 18.1 Å². The molecule has 2 aromatic heterocycles. The number of ether oxygens (including phenoxy) is 1. The molecule has 3 rings (SSSR count). The second kappa shape index (κ2) is 11.4. The summed E-state index contributed by atoms with van der Waals surface area (Å²) in [7, 11) is 0. The highest BCUT2D eigenvalue weighted by atomic mass is 35.5. The smallest absolute Gasteiger partial charge is 0.387 e. The molecule has 0 saturated heterocycles. The topological polar surface area (TPSA) is 89.3 Å². The normalized spacial score (nSPS) is 20.6. The van der Waals surface area contributed by atoms with Crippen LogP contribution in [-0.4, -0.2) is 44.3 Å². The van der Waals surface area contributed by atoms with Crippen LogP contribution >= 0.6 is 11.6 Å². The molecule has 0 spiro atoms. The van der Waals surface area contributed by atoms with Crippen LogP contribution in [0.2, 0.25) is 5.15 Å². The second-order valence-electron chi connectivity index (χ2n) is 10.7. The predicted molar refractivity (Wildman–Crippen MR) is 135 cm³/mol. The third-order valence-corrected chi connectivity index (χ3v) is 7.51. The highest BCUT2D eigenvalue weighted by Crippen LogP contribution is 2.34. The van der Waals surface area contributed by atoms with Gasteiger partial charge in [-0.05, 0) is 55.1 Å². The third-order valence-electron chi connectivity index (χ3n) is 7.16. The third kappa shape index (κ3) is 6.73. The van der Waals surface area contributed by atoms with E-state index >= 15 is 0 Å². The minimum absolute atomic E-state index is 0.0432. The molecule has 0 bridgehead atoms. The quantitative estimate of drug-likeness (QED) is 0.412. The monoisotopic (exact) mass is 526 g/mol. The lowest BCUT2D eigenvalue weighted by Crippen LogP contribution is -2.45. The molecule has 0 unspecified atom stereocenters. The fourth-order valence-corrected chi connectivity index (χ4v) is 4.75. The number of nitrogens with zero attached hydrogens (tertiary/aromatic N) is 3. The summed E-state index contributed by atoms with van der Waals surface area (Å²) in [5.74, 6) is 0.291. The molecule has 0 atom stereocenters. The molecule has 7 nitrogen and oxygen atoms in total. The molecule has 1 aliphatic rings. The zero-order chi connectivity index (χ0) is 26.7. The number of halogens is 3. The van der Waals surface area contributed by atoms with Crippen LogP contribution in [0, 0.1) is 11.3 Å². The van der Waals surface area contributed by atoms with Crippen molar-refractivity contribution in [3.8, 4) is 11.6 Å². The summed E-state index contributed by atoms with van der Waals surface area (Å²) < 4.78 is 32.8. The van der Waals surface area contributed by atoms with Gasteiger partial charge in [-0.15, -0.1) is 0 Å². The number of nitrogens with one attached hydrogen (secondary N) is 1. The van der Waals surface area contributed by atoms with Gasteiger partial charge in [0.25, 0.3) is 5.91 Å². The number of carbonyl (C=O) groups excluding carboxylic acids is 1. The van der Waals surface area contributed by atoms with E-state index in [-0.39, 0.29) is 34.4 Å². The lowest BCUT2D eigenvalue weighted by atomic mass is 9.79. The maximum atomic E-state index is 13.3. The SMILES string of the molecule is CCc1nc(C(=O)NCC2(O)CCC(C)CC2)c(Cl)n1-c1ncc(CC(C)(C)CC)cc1OC(F)F. The summed E-state index contributed by atoms with van der Waals surface area (Å²) >= 11 is 6.58. The highest BCUT2D eigenvalue weighted by molar-refractivity contribution is 6.32. The summed E-state index contributed by atoms with van der Waals surface area (Å²) in [6.45, 7) is 7.23. The molecule has 2 N–H and O–H groups in total. The maximum Gasteiger partial charge on any atom is 0.387 e. The average molecular weight is 527 g/mol. The summed E-state index contributed by atoms with van der Waals surface area (Å²) in [6, 6.07) is 1.54. The summed E-state index contributed by atoms with van der Waals surface area (Å²) in [5.41, 5.74) is -0.309. The van der Waals surface area contributed by atoms with Crippen LogP contribution in [0.4, 0.5) is 8.78 Å². The van der Waals surface area contributed by atoms with E-state index in [4.69, 9.17) is 16.3 Å². The number of pyridine rings is 1. The van der Waals surface area contributed by atoms with Crippen molar-refractivity contribution in [3.63, 3.8) is 0 Å². The van der Waals surface area contributed by atoms with Crippen molar-refractivity contribution in [2.45, 2.75) is 91.8 Å². The average Bonchev–Trinajstić information content (AvgIpc) is 3.15. The van der Waals surface area contributed by atoms with Gasteiger partial charge in [0, 0.05) is 19.2 Å². The van der Waals surface area contributed by atoms with Crippen LogP contribution in [0.5, 0.6) is 5.75 Å². The van der Waals surface area contributed by atoms with Crippen molar-refractivity contribution in [2.75, 3.05) is 6.54 Å². The van der Waals surface area contributed by atoms with Gasteiger partial charge in [-0.25, -0.2) is 9.97 Å². The van der Waals surface area contributed by atoms with E-state index in [9.17, 15) is 18.7 Å². The number of aliphatic hydroxyl groups is 1. The fourth-order valence-electron chi connectivity index (χ4n) is 4.45. The number of alkyl halides is 2. The fraction of sp³-hybridized carbons (Fsp3) is 0.654. The lowest BCUT2D eigenvalue weighted by Gasteiger charge is -2.34. The van der Waals surface area contributed by atoms with Crippen LogP contribution in [-0.2, 0) is 12.8 Å². The Morgan fingerprint density at radius 3 is 2.61 bits per heavy atom. The molecule has 2 aromatic rings. The Labute approximate surface area is 216 Å². The highest BCUT2D eigenvalue weighted by Gasteiger charge is 2.33. The molecule has 0 radical (unpaired) electrons. The Morgan fingerprint density at radius 2 is 2.03 bits per heavy atom. The molecule has 1 amide bonds. The van der Waals surface area contributed by atoms with Crippen LogP contribution in [0.3, 0.4) is 0 Å². The molecule has 0 aliphatic heterocycles. The molecule has 1 aliphatic carbocycles. The van der Waals surface area contributed by atoms with Crippen molar-refractivity contribution in [3.05, 3.63) is 34.5 Å². The van der Waals surface area contributed by atoms with Crippen LogP contribution in [0.15, 0.2) is 12.3 Å². The number of hydrogen-bond acceptors (Lipinski definition) is 5. The molecule has 200 valence electrons. The first-order valence-corrected chi connectivity index (χ1v) is 13.0. The van der Waals surface area contributed by atoms with Crippen molar-refractivity contribution in [2.24, 2.45) is 11.3 Å². The van der Waals surface area contributed by atoms with Crippen LogP contribution < -0.4 is 10.1 Å². The zero-order valence-electron chi connectivity index (χ0n) is 21.7. The first-order valence-electron chi connectivity index (χ1n) is 12.6. The van der Waals surface area contributed by atoms with Gasteiger partial charge in [0.05, 0.1) is 5.60 Å². The zero-order valence-corrected chi connectivity index (χ0v) is 22.5. The predicted octanol–water partition coefficient (Wildman–Crippen LogP) is 5.73. The van der Waals surface area contributed by atoms with E-state index in [2.05, 4.69) is 43.0 Å². The number of hydrogen-bond donors (Lipinski definition) is 2. The Balaban J connectivity index is 1.92. The number of imidazole rings is 1. The minimum atomic E-state index is -3.06. The van der Waals surface area contributed by atoms with Crippen molar-refractivity contribution in [1.29, 1.82) is 0 Å². The van der Waals surface area contributed by atoms with E-state index in [0.717, 1.165) is 24.8 Å². The van der Waals surface area contributed by atoms with Gasteiger partial charge < -0.3 is 15.2 Å². The van der Waals surface area contributed by atoms with Gasteiger partial charge in [-0.3, -0.25) is 9.36 Å². The second-order valence-corrected chi connectivity index (χ2v) is 11.0. The van der Waals surface area contributed by atoms with E-state index in [1.54, 1.807) is 12.3 Å². The van der Waals surface area contributed by atoms with Crippen LogP contribution in [0.25, 0.3) is 5.82 Å². The van der Waals surface area contributed by atoms with E-state index in [0.29, 0.717) is 37.4 Å². The first kappa shape index (κ1) is 28.3. The summed E-state index contributed by atoms with van der Waals surface area (Å²) in [6.07, 6.45) is 6.52. The standard InChI is InChI=1S/C26H37ClF2N4O3/c1-6-19-32-20(23(34)31-15-26(35)10-8-16(3)9-11-26)21(27)33(19)22-18(36-24(28)29)12-17(14-30-22)13-25(4,5)7-2/h12,14,16,24,35H,6-11,13,15H2,1-5H3,(H,31,34). The van der Waals surface area contributed by atoms with E-state index in [1.165, 1.54) is 4.57 Å². The maximum absolute atomic E-state index is 13.3.